The van der Waals surface area contributed by atoms with Gasteiger partial charge >= 0.3 is 24.1 Å². The number of likely N-dealkylation sites (tertiary alicyclic amines) is 2. The van der Waals surface area contributed by atoms with Crippen LogP contribution in [0.4, 0.5) is 9.59 Å². The maximum Gasteiger partial charge on any atom is 0.414 e. The van der Waals surface area contributed by atoms with Gasteiger partial charge in [0.2, 0.25) is 11.8 Å². The molecule has 86 heavy (non-hydrogen) atoms. The van der Waals surface area contributed by atoms with Crippen molar-refractivity contribution in [2.24, 2.45) is 91.7 Å². The fourth-order valence-electron chi connectivity index (χ4n) is 18.1. The number of Topliss-reactive ketones (excluding diaryl/α,β-unsaturated/α-hetero) is 2. The summed E-state index contributed by atoms with van der Waals surface area (Å²) in [5, 5.41) is 17.0. The van der Waals surface area contributed by atoms with Gasteiger partial charge in [0, 0.05) is 78.7 Å². The van der Waals surface area contributed by atoms with Gasteiger partial charge in [0.05, 0.1) is 37.3 Å². The summed E-state index contributed by atoms with van der Waals surface area (Å²) in [5.41, 5.74) is -3.96. The second-order valence-electron chi connectivity index (χ2n) is 28.5. The van der Waals surface area contributed by atoms with Gasteiger partial charge in [0.1, 0.15) is 30.6 Å². The average molecular weight is 1230 g/mol. The summed E-state index contributed by atoms with van der Waals surface area (Å²) in [6.45, 7) is 27.5. The van der Waals surface area contributed by atoms with Crippen LogP contribution in [0, 0.1) is 91.7 Å². The Morgan fingerprint density at radius 1 is 0.616 bits per heavy atom. The van der Waals surface area contributed by atoms with Crippen LogP contribution in [-0.4, -0.2) is 154 Å². The molecule has 20 atom stereocenters. The van der Waals surface area contributed by atoms with Gasteiger partial charge in [-0.2, -0.15) is 0 Å². The van der Waals surface area contributed by atoms with Crippen LogP contribution in [0.1, 0.15) is 160 Å². The monoisotopic (exact) mass is 1230 g/mol. The zero-order valence-corrected chi connectivity index (χ0v) is 55.1. The van der Waals surface area contributed by atoms with Gasteiger partial charge in [-0.15, -0.1) is 12.4 Å². The van der Waals surface area contributed by atoms with Crippen molar-refractivity contribution in [1.82, 2.24) is 20.4 Å². The molecule has 0 aromatic heterocycles. The molecule has 4 unspecified atom stereocenters. The van der Waals surface area contributed by atoms with E-state index in [0.29, 0.717) is 32.4 Å². The zero-order chi connectivity index (χ0) is 62.8. The summed E-state index contributed by atoms with van der Waals surface area (Å²) < 4.78 is 34.6. The third-order valence-electron chi connectivity index (χ3n) is 23.7. The predicted octanol–water partition coefficient (Wildman–Crippen LogP) is 9.30. The van der Waals surface area contributed by atoms with Gasteiger partial charge in [0.15, 0.2) is 0 Å². The molecule has 0 radical (unpaired) electrons. The van der Waals surface area contributed by atoms with Gasteiger partial charge in [-0.3, -0.25) is 29.8 Å². The second-order valence-corrected chi connectivity index (χ2v) is 28.5. The van der Waals surface area contributed by atoms with E-state index < -0.39 is 75.6 Å². The molecular weight excluding hydrogens is 1120 g/mol. The second kappa shape index (κ2) is 28.3. The number of alkyl carbamates (subject to hydrolysis) is 2. The summed E-state index contributed by atoms with van der Waals surface area (Å²) in [4.78, 5) is 110. The van der Waals surface area contributed by atoms with Crippen molar-refractivity contribution in [2.45, 2.75) is 185 Å². The number of carbonyl (C=O) groups excluding carboxylic acids is 8. The van der Waals surface area contributed by atoms with Crippen molar-refractivity contribution in [3.63, 3.8) is 0 Å². The Bertz CT molecular complexity index is 2550. The molecule has 20 heteroatoms. The molecule has 6 saturated carbocycles. The number of esters is 2. The van der Waals surface area contributed by atoms with Crippen LogP contribution >= 0.6 is 12.4 Å². The van der Waals surface area contributed by atoms with Crippen LogP contribution in [-0.2, 0) is 57.2 Å². The van der Waals surface area contributed by atoms with Crippen LogP contribution in [0.25, 0.3) is 0 Å². The van der Waals surface area contributed by atoms with E-state index in [0.717, 1.165) is 58.0 Å². The standard InChI is InChI=1S/C34H54N2O8.C32H50N2O7.ClH/c1-9-42-27(38)12-14-32(5)18-26(44-31(40)35-30(39)24-19-36(7)17-13-21(24)2)33(6)22(3)10-15-34(16-11-25(37)28(33)34)23(4)29(32)43-20-41-8;1-8-40-25(36)11-13-30(5)17-24(41-29(39)33-28(38)22-18-34(7)16-12-19(22)2)31(6)20(3)9-14-32(21(4)27(30)37)15-10-23(35)26(31)32;/h12,14,21-24,26,28-29H,9-11,13,15-20H2,1-8H3,(H,35,39,40);11,13,19-22,24,26-27,37H,8-10,12,14-18H2,1-7H3,(H,33,38,39);1H/b14-12+;13-11+;/t21-,22+,23-,24-,26+,28?,29-,32+,33-,34?;19-,20+,21-,22-,24+,26?,27-,30+,31-,32?;/m00./s1. The molecule has 0 aromatic carbocycles. The lowest BCUT2D eigenvalue weighted by Gasteiger charge is -2.62. The Morgan fingerprint density at radius 2 is 1.02 bits per heavy atom. The van der Waals surface area contributed by atoms with E-state index in [1.807, 2.05) is 54.8 Å². The quantitative estimate of drug-likeness (QED) is 0.0673. The molecule has 0 aromatic rings. The minimum Gasteiger partial charge on any atom is -0.463 e. The van der Waals surface area contributed by atoms with Crippen LogP contribution in [0.5, 0.6) is 0 Å². The Kier molecular flexibility index (Phi) is 23.3. The molecule has 8 fully saturated rings. The topological polar surface area (TPSA) is 243 Å². The van der Waals surface area contributed by atoms with Crippen molar-refractivity contribution in [3.05, 3.63) is 24.3 Å². The van der Waals surface area contributed by atoms with E-state index in [2.05, 4.69) is 55.1 Å². The first kappa shape index (κ1) is 70.8. The normalized spacial score (nSPS) is 41.5. The van der Waals surface area contributed by atoms with Crippen molar-refractivity contribution < 1.29 is 71.9 Å². The Hall–Kier alpha value is -4.27. The summed E-state index contributed by atoms with van der Waals surface area (Å²) in [6.07, 6.45) is 9.72. The van der Waals surface area contributed by atoms with E-state index in [-0.39, 0.29) is 133 Å². The third-order valence-corrected chi connectivity index (χ3v) is 23.7. The van der Waals surface area contributed by atoms with Crippen molar-refractivity contribution in [2.75, 3.05) is 67.4 Å². The van der Waals surface area contributed by atoms with Gasteiger partial charge in [-0.05, 0) is 152 Å². The highest BCUT2D eigenvalue weighted by atomic mass is 35.5. The number of imide groups is 2. The lowest BCUT2D eigenvalue weighted by Crippen LogP contribution is -2.63. The number of nitrogens with one attached hydrogen (secondary N) is 2. The number of aliphatic hydroxyl groups excluding tert-OH is 1. The molecule has 8 aliphatic rings. The largest absolute Gasteiger partial charge is 0.463 e. The number of carbonyl (C=O) groups is 8. The molecule has 2 aliphatic heterocycles. The van der Waals surface area contributed by atoms with Crippen LogP contribution in [0.3, 0.4) is 0 Å². The van der Waals surface area contributed by atoms with Crippen LogP contribution < -0.4 is 10.6 Å². The lowest BCUT2D eigenvalue weighted by atomic mass is 9.44. The molecule has 6 aliphatic carbocycles. The highest BCUT2D eigenvalue weighted by Crippen LogP contribution is 2.70. The number of ether oxygens (including phenoxy) is 6. The number of aliphatic hydroxyl groups is 1. The Morgan fingerprint density at radius 3 is 1.44 bits per heavy atom. The first-order valence-corrected chi connectivity index (χ1v) is 31.9. The van der Waals surface area contributed by atoms with Gasteiger partial charge in [-0.25, -0.2) is 19.2 Å². The summed E-state index contributed by atoms with van der Waals surface area (Å²) in [5.74, 6) is -2.52. The SMILES string of the molecule is CCOC(=O)/C=C/[C@]1(C)C[C@@H](OC(=O)NC(=O)[C@H]2CN(C)CC[C@@H]2C)[C@@]2(C)C3C(=O)CCC3(CC[C@H]2C)[C@@H](C)[C@@H]1O.CCOC(=O)/C=C/[C@]1(C)C[C@@H](OC(=O)NC(=O)[C@H]2CN(C)CC[C@@H]2C)[C@@]2(C)C3C(=O)CCC3(CC[C@H]2C)[C@@H](C)[C@@H]1OCOC.Cl. The number of amides is 4. The molecule has 19 nitrogen and oxygen atoms in total. The molecule has 2 heterocycles. The number of hydrogen-bond acceptors (Lipinski definition) is 17. The summed E-state index contributed by atoms with van der Waals surface area (Å²) in [6, 6.07) is 0. The maximum atomic E-state index is 13.9. The van der Waals surface area contributed by atoms with Crippen molar-refractivity contribution in [1.29, 1.82) is 0 Å². The van der Waals surface area contributed by atoms with Gasteiger partial charge in [-0.1, -0.05) is 81.4 Å². The molecule has 0 spiro atoms. The Labute approximate surface area is 518 Å². The van der Waals surface area contributed by atoms with Crippen molar-refractivity contribution in [3.8, 4) is 0 Å². The van der Waals surface area contributed by atoms with E-state index in [1.165, 1.54) is 12.2 Å². The molecule has 4 bridgehead atoms. The van der Waals surface area contributed by atoms with E-state index in [1.54, 1.807) is 27.0 Å². The smallest absolute Gasteiger partial charge is 0.414 e. The van der Waals surface area contributed by atoms with Gasteiger partial charge < -0.3 is 43.3 Å². The molecule has 8 rings (SSSR count). The zero-order valence-electron chi connectivity index (χ0n) is 54.3. The highest BCUT2D eigenvalue weighted by molar-refractivity contribution is 5.94. The summed E-state index contributed by atoms with van der Waals surface area (Å²) >= 11 is 0. The minimum absolute atomic E-state index is 0. The summed E-state index contributed by atoms with van der Waals surface area (Å²) in [7, 11) is 5.51. The number of piperidine rings is 2. The van der Waals surface area contributed by atoms with Crippen LogP contribution in [0.15, 0.2) is 24.3 Å². The maximum absolute atomic E-state index is 13.9. The molecule has 4 amide bonds. The number of methoxy groups -OCH3 is 1. The van der Waals surface area contributed by atoms with Gasteiger partial charge in [0.25, 0.3) is 0 Å². The van der Waals surface area contributed by atoms with E-state index in [4.69, 9.17) is 28.4 Å². The molecular formula is C66H105ClN4O15. The minimum atomic E-state index is -0.955. The number of ketones is 2. The highest BCUT2D eigenvalue weighted by Gasteiger charge is 2.70. The first-order chi connectivity index (χ1) is 39.9. The average Bonchev–Trinajstić information content (AvgIpc) is 1.59. The lowest BCUT2D eigenvalue weighted by molar-refractivity contribution is -0.214. The van der Waals surface area contributed by atoms with E-state index in [9.17, 15) is 43.5 Å². The number of rotatable bonds is 13. The predicted molar refractivity (Wildman–Crippen MR) is 325 cm³/mol. The number of halogens is 1. The fourth-order valence-corrected chi connectivity index (χ4v) is 18.1. The Balaban J connectivity index is 0.000000273. The first-order valence-electron chi connectivity index (χ1n) is 31.9. The molecule has 486 valence electrons. The fraction of sp³-hybridized carbons (Fsp3) is 0.818. The number of hydrogen-bond donors (Lipinski definition) is 3. The van der Waals surface area contributed by atoms with E-state index >= 15 is 0 Å². The van der Waals surface area contributed by atoms with Crippen molar-refractivity contribution >= 4 is 59.9 Å². The molecule has 2 saturated heterocycles. The van der Waals surface area contributed by atoms with Crippen LogP contribution in [0.2, 0.25) is 0 Å². The third kappa shape index (κ3) is 13.7. The number of nitrogens with zero attached hydrogens (tertiary/aromatic N) is 2. The molecule has 3 N–H and O–H groups in total.